The molecule has 0 heterocycles. The molecule has 5 heteroatoms. The van der Waals surface area contributed by atoms with Crippen LogP contribution in [0.4, 0.5) is 0 Å². The summed E-state index contributed by atoms with van der Waals surface area (Å²) in [4.78, 5) is 23.9. The van der Waals surface area contributed by atoms with Crippen LogP contribution in [-0.2, 0) is 9.59 Å². The number of amides is 2. The van der Waals surface area contributed by atoms with Gasteiger partial charge in [-0.05, 0) is 45.4 Å². The molecular formula is C16H31N3O2. The number of nitrogens with two attached hydrogens (primary N) is 1. The van der Waals surface area contributed by atoms with Gasteiger partial charge in [-0.3, -0.25) is 9.59 Å². The predicted molar refractivity (Wildman–Crippen MR) is 84.5 cm³/mol. The van der Waals surface area contributed by atoms with Gasteiger partial charge in [0.15, 0.2) is 0 Å². The van der Waals surface area contributed by atoms with Gasteiger partial charge in [-0.2, -0.15) is 0 Å². The lowest BCUT2D eigenvalue weighted by Crippen LogP contribution is -2.46. The summed E-state index contributed by atoms with van der Waals surface area (Å²) in [7, 11) is 0. The first kappa shape index (κ1) is 18.0. The zero-order chi connectivity index (χ0) is 16.2. The SMILES string of the molecule is CC1CC(C)C(C(=O)NCCC(=O)NC(C)(C)C)CC1N. The third-order valence-electron chi connectivity index (χ3n) is 4.19. The molecule has 2 amide bonds. The number of rotatable bonds is 4. The third kappa shape index (κ3) is 6.04. The fraction of sp³-hybridized carbons (Fsp3) is 0.875. The second kappa shape index (κ2) is 7.25. The molecule has 0 aromatic carbocycles. The normalized spacial score (nSPS) is 29.8. The summed E-state index contributed by atoms with van der Waals surface area (Å²) in [5, 5.41) is 5.76. The van der Waals surface area contributed by atoms with Crippen molar-refractivity contribution in [1.82, 2.24) is 10.6 Å². The largest absolute Gasteiger partial charge is 0.355 e. The maximum Gasteiger partial charge on any atom is 0.223 e. The molecule has 4 unspecified atom stereocenters. The Balaban J connectivity index is 2.35. The van der Waals surface area contributed by atoms with Crippen LogP contribution in [0.3, 0.4) is 0 Å². The first-order valence-electron chi connectivity index (χ1n) is 7.94. The Hall–Kier alpha value is -1.10. The van der Waals surface area contributed by atoms with Gasteiger partial charge in [0.2, 0.25) is 11.8 Å². The Morgan fingerprint density at radius 1 is 1.14 bits per heavy atom. The van der Waals surface area contributed by atoms with Gasteiger partial charge in [0.05, 0.1) is 0 Å². The second-order valence-corrected chi connectivity index (χ2v) is 7.54. The van der Waals surface area contributed by atoms with Gasteiger partial charge in [0.1, 0.15) is 0 Å². The van der Waals surface area contributed by atoms with E-state index >= 15 is 0 Å². The summed E-state index contributed by atoms with van der Waals surface area (Å²) >= 11 is 0. The Labute approximate surface area is 128 Å². The van der Waals surface area contributed by atoms with Crippen molar-refractivity contribution in [3.63, 3.8) is 0 Å². The van der Waals surface area contributed by atoms with Crippen molar-refractivity contribution in [2.75, 3.05) is 6.54 Å². The summed E-state index contributed by atoms with van der Waals surface area (Å²) in [6, 6.07) is 0.0983. The molecule has 1 aliphatic rings. The highest BCUT2D eigenvalue weighted by molar-refractivity contribution is 5.81. The molecule has 5 nitrogen and oxygen atoms in total. The third-order valence-corrected chi connectivity index (χ3v) is 4.19. The lowest BCUT2D eigenvalue weighted by molar-refractivity contribution is -0.128. The number of carbonyl (C=O) groups excluding carboxylic acids is 2. The molecule has 21 heavy (non-hydrogen) atoms. The Kier molecular flexibility index (Phi) is 6.20. The van der Waals surface area contributed by atoms with Crippen LogP contribution in [0, 0.1) is 17.8 Å². The highest BCUT2D eigenvalue weighted by atomic mass is 16.2. The molecule has 0 aliphatic heterocycles. The highest BCUT2D eigenvalue weighted by Gasteiger charge is 2.34. The van der Waals surface area contributed by atoms with Gasteiger partial charge >= 0.3 is 0 Å². The van der Waals surface area contributed by atoms with Gasteiger partial charge in [0, 0.05) is 30.5 Å². The highest BCUT2D eigenvalue weighted by Crippen LogP contribution is 2.32. The van der Waals surface area contributed by atoms with Crippen molar-refractivity contribution < 1.29 is 9.59 Å². The molecule has 4 atom stereocenters. The van der Waals surface area contributed by atoms with Crippen LogP contribution in [0.15, 0.2) is 0 Å². The topological polar surface area (TPSA) is 84.2 Å². The molecule has 0 spiro atoms. The monoisotopic (exact) mass is 297 g/mol. The van der Waals surface area contributed by atoms with E-state index in [0.29, 0.717) is 24.8 Å². The molecule has 1 saturated carbocycles. The van der Waals surface area contributed by atoms with Crippen molar-refractivity contribution in [1.29, 1.82) is 0 Å². The average Bonchev–Trinajstić information content (AvgIpc) is 2.31. The van der Waals surface area contributed by atoms with Gasteiger partial charge in [-0.15, -0.1) is 0 Å². The molecule has 0 aromatic heterocycles. The minimum atomic E-state index is -0.234. The fourth-order valence-electron chi connectivity index (χ4n) is 2.96. The molecule has 1 rings (SSSR count). The molecule has 1 fully saturated rings. The molecular weight excluding hydrogens is 266 g/mol. The smallest absolute Gasteiger partial charge is 0.223 e. The minimum Gasteiger partial charge on any atom is -0.355 e. The molecule has 122 valence electrons. The first-order valence-corrected chi connectivity index (χ1v) is 7.94. The van der Waals surface area contributed by atoms with E-state index in [9.17, 15) is 9.59 Å². The molecule has 1 aliphatic carbocycles. The minimum absolute atomic E-state index is 0.0260. The van der Waals surface area contributed by atoms with E-state index in [2.05, 4.69) is 24.5 Å². The summed E-state index contributed by atoms with van der Waals surface area (Å²) in [5.74, 6) is 0.796. The van der Waals surface area contributed by atoms with Gasteiger partial charge in [-0.1, -0.05) is 13.8 Å². The average molecular weight is 297 g/mol. The zero-order valence-corrected chi connectivity index (χ0v) is 14.0. The van der Waals surface area contributed by atoms with E-state index in [4.69, 9.17) is 5.73 Å². The first-order chi connectivity index (χ1) is 9.60. The van der Waals surface area contributed by atoms with E-state index in [0.717, 1.165) is 12.8 Å². The van der Waals surface area contributed by atoms with Crippen molar-refractivity contribution in [2.45, 2.75) is 65.5 Å². The number of nitrogens with one attached hydrogen (secondary N) is 2. The number of carbonyl (C=O) groups is 2. The molecule has 0 saturated heterocycles. The van der Waals surface area contributed by atoms with Crippen LogP contribution in [0.25, 0.3) is 0 Å². The van der Waals surface area contributed by atoms with Crippen molar-refractivity contribution in [3.05, 3.63) is 0 Å². The van der Waals surface area contributed by atoms with E-state index in [-0.39, 0.29) is 29.3 Å². The molecule has 0 radical (unpaired) electrons. The maximum atomic E-state index is 12.2. The van der Waals surface area contributed by atoms with Gasteiger partial charge < -0.3 is 16.4 Å². The lowest BCUT2D eigenvalue weighted by Gasteiger charge is -2.36. The predicted octanol–water partition coefficient (Wildman–Crippen LogP) is 1.42. The van der Waals surface area contributed by atoms with Crippen LogP contribution in [0.5, 0.6) is 0 Å². The summed E-state index contributed by atoms with van der Waals surface area (Å²) in [6.45, 7) is 10.5. The van der Waals surface area contributed by atoms with Crippen LogP contribution in [0.2, 0.25) is 0 Å². The van der Waals surface area contributed by atoms with E-state index in [1.54, 1.807) is 0 Å². The maximum absolute atomic E-state index is 12.2. The fourth-order valence-corrected chi connectivity index (χ4v) is 2.96. The van der Waals surface area contributed by atoms with Gasteiger partial charge in [-0.25, -0.2) is 0 Å². The second-order valence-electron chi connectivity index (χ2n) is 7.54. The summed E-state index contributed by atoms with van der Waals surface area (Å²) < 4.78 is 0. The standard InChI is InChI=1S/C16H31N3O2/c1-10-8-11(2)13(17)9-12(10)15(21)18-7-6-14(20)19-16(3,4)5/h10-13H,6-9,17H2,1-5H3,(H,18,21)(H,19,20). The number of hydrogen-bond donors (Lipinski definition) is 3. The van der Waals surface area contributed by atoms with E-state index in [1.807, 2.05) is 20.8 Å². The summed E-state index contributed by atoms with van der Waals surface area (Å²) in [6.07, 6.45) is 2.04. The Morgan fingerprint density at radius 2 is 1.76 bits per heavy atom. The van der Waals surface area contributed by atoms with Crippen LogP contribution < -0.4 is 16.4 Å². The zero-order valence-electron chi connectivity index (χ0n) is 14.0. The van der Waals surface area contributed by atoms with Crippen molar-refractivity contribution in [2.24, 2.45) is 23.5 Å². The van der Waals surface area contributed by atoms with Crippen LogP contribution in [0.1, 0.15) is 53.9 Å². The Morgan fingerprint density at radius 3 is 2.33 bits per heavy atom. The Bertz CT molecular complexity index is 376. The number of hydrogen-bond acceptors (Lipinski definition) is 3. The molecule has 0 aromatic rings. The van der Waals surface area contributed by atoms with Crippen LogP contribution in [-0.4, -0.2) is 29.9 Å². The van der Waals surface area contributed by atoms with E-state index in [1.165, 1.54) is 0 Å². The van der Waals surface area contributed by atoms with Gasteiger partial charge in [0.25, 0.3) is 0 Å². The molecule has 4 N–H and O–H groups in total. The van der Waals surface area contributed by atoms with Crippen molar-refractivity contribution >= 4 is 11.8 Å². The molecule has 0 bridgehead atoms. The quantitative estimate of drug-likeness (QED) is 0.733. The van der Waals surface area contributed by atoms with Crippen molar-refractivity contribution in [3.8, 4) is 0 Å². The lowest BCUT2D eigenvalue weighted by atomic mass is 9.72. The van der Waals surface area contributed by atoms with E-state index < -0.39 is 0 Å². The summed E-state index contributed by atoms with van der Waals surface area (Å²) in [5.41, 5.74) is 5.84. The van der Waals surface area contributed by atoms with Crippen LogP contribution >= 0.6 is 0 Å².